The third-order valence-electron chi connectivity index (χ3n) is 3.72. The van der Waals surface area contributed by atoms with Gasteiger partial charge in [-0.1, -0.05) is 6.07 Å². The van der Waals surface area contributed by atoms with Gasteiger partial charge in [0.25, 0.3) is 5.56 Å². The van der Waals surface area contributed by atoms with Crippen molar-refractivity contribution in [3.63, 3.8) is 0 Å². The molecule has 110 valence electrons. The number of pyridine rings is 1. The number of hydrogen-bond donors (Lipinski definition) is 1. The van der Waals surface area contributed by atoms with Crippen LogP contribution in [0.2, 0.25) is 0 Å². The van der Waals surface area contributed by atoms with Crippen LogP contribution in [0.4, 0.5) is 0 Å². The Labute approximate surface area is 119 Å². The van der Waals surface area contributed by atoms with Crippen LogP contribution in [-0.4, -0.2) is 41.6 Å². The normalized spacial score (nSPS) is 15.3. The number of aromatic nitrogens is 1. The highest BCUT2D eigenvalue weighted by Gasteiger charge is 2.15. The number of amides is 1. The van der Waals surface area contributed by atoms with E-state index in [0.717, 1.165) is 44.6 Å². The van der Waals surface area contributed by atoms with E-state index < -0.39 is 0 Å². The number of piperazine rings is 1. The van der Waals surface area contributed by atoms with E-state index in [1.165, 1.54) is 0 Å². The molecular formula is C15H23N3O2. The van der Waals surface area contributed by atoms with Crippen molar-refractivity contribution in [3.05, 3.63) is 34.2 Å². The second-order valence-electron chi connectivity index (χ2n) is 5.28. The molecule has 1 saturated heterocycles. The second-order valence-corrected chi connectivity index (χ2v) is 5.28. The molecular weight excluding hydrogens is 254 g/mol. The van der Waals surface area contributed by atoms with Crippen molar-refractivity contribution in [3.8, 4) is 0 Å². The summed E-state index contributed by atoms with van der Waals surface area (Å²) in [5.74, 6) is 0.239. The molecule has 1 aliphatic heterocycles. The van der Waals surface area contributed by atoms with Crippen molar-refractivity contribution < 1.29 is 4.79 Å². The van der Waals surface area contributed by atoms with Gasteiger partial charge in [0.2, 0.25) is 5.91 Å². The Hall–Kier alpha value is -1.62. The molecule has 5 heteroatoms. The Morgan fingerprint density at radius 3 is 2.80 bits per heavy atom. The fourth-order valence-electron chi connectivity index (χ4n) is 2.46. The van der Waals surface area contributed by atoms with Crippen LogP contribution in [-0.2, 0) is 11.3 Å². The van der Waals surface area contributed by atoms with Crippen LogP contribution < -0.4 is 10.9 Å². The van der Waals surface area contributed by atoms with Gasteiger partial charge in [-0.2, -0.15) is 0 Å². The number of nitrogens with one attached hydrogen (secondary N) is 1. The lowest BCUT2D eigenvalue weighted by atomic mass is 10.2. The molecule has 0 radical (unpaired) electrons. The SMILES string of the molecule is Cc1cccn(CCCCC(=O)N2CCNCC2)c1=O. The predicted molar refractivity (Wildman–Crippen MR) is 78.7 cm³/mol. The number of hydrogen-bond acceptors (Lipinski definition) is 3. The first-order valence-corrected chi connectivity index (χ1v) is 7.33. The van der Waals surface area contributed by atoms with Crippen molar-refractivity contribution in [2.75, 3.05) is 26.2 Å². The van der Waals surface area contributed by atoms with Crippen LogP contribution in [0.15, 0.2) is 23.1 Å². The average molecular weight is 277 g/mol. The lowest BCUT2D eigenvalue weighted by Crippen LogP contribution is -2.46. The van der Waals surface area contributed by atoms with Gasteiger partial charge < -0.3 is 14.8 Å². The van der Waals surface area contributed by atoms with Crippen LogP contribution >= 0.6 is 0 Å². The van der Waals surface area contributed by atoms with Gasteiger partial charge in [-0.25, -0.2) is 0 Å². The maximum Gasteiger partial charge on any atom is 0.253 e. The van der Waals surface area contributed by atoms with E-state index in [-0.39, 0.29) is 11.5 Å². The molecule has 5 nitrogen and oxygen atoms in total. The number of nitrogens with zero attached hydrogens (tertiary/aromatic N) is 2. The van der Waals surface area contributed by atoms with Gasteiger partial charge >= 0.3 is 0 Å². The predicted octanol–water partition coefficient (Wildman–Crippen LogP) is 0.759. The second kappa shape index (κ2) is 7.24. The summed E-state index contributed by atoms with van der Waals surface area (Å²) < 4.78 is 1.73. The molecule has 0 unspecified atom stereocenters. The highest BCUT2D eigenvalue weighted by molar-refractivity contribution is 5.76. The highest BCUT2D eigenvalue weighted by Crippen LogP contribution is 2.04. The number of aryl methyl sites for hydroxylation is 2. The monoisotopic (exact) mass is 277 g/mol. The molecule has 1 amide bonds. The van der Waals surface area contributed by atoms with E-state index in [1.807, 2.05) is 30.2 Å². The summed E-state index contributed by atoms with van der Waals surface area (Å²) in [4.78, 5) is 25.7. The average Bonchev–Trinajstić information content (AvgIpc) is 2.48. The Morgan fingerprint density at radius 2 is 2.05 bits per heavy atom. The Bertz CT molecular complexity index is 504. The van der Waals surface area contributed by atoms with E-state index in [4.69, 9.17) is 0 Å². The summed E-state index contributed by atoms with van der Waals surface area (Å²) in [6.45, 7) is 5.93. The van der Waals surface area contributed by atoms with E-state index in [1.54, 1.807) is 4.57 Å². The van der Waals surface area contributed by atoms with Crippen molar-refractivity contribution in [1.29, 1.82) is 0 Å². The maximum absolute atomic E-state index is 12.0. The molecule has 1 aromatic rings. The molecule has 1 N–H and O–H groups in total. The topological polar surface area (TPSA) is 54.3 Å². The minimum Gasteiger partial charge on any atom is -0.340 e. The van der Waals surface area contributed by atoms with Gasteiger partial charge in [-0.3, -0.25) is 9.59 Å². The fraction of sp³-hybridized carbons (Fsp3) is 0.600. The first kappa shape index (κ1) is 14.8. The van der Waals surface area contributed by atoms with Crippen molar-refractivity contribution in [2.45, 2.75) is 32.7 Å². The Morgan fingerprint density at radius 1 is 1.30 bits per heavy atom. The fourth-order valence-corrected chi connectivity index (χ4v) is 2.46. The number of rotatable bonds is 5. The summed E-state index contributed by atoms with van der Waals surface area (Å²) in [5, 5.41) is 3.24. The highest BCUT2D eigenvalue weighted by atomic mass is 16.2. The van der Waals surface area contributed by atoms with Crippen LogP contribution in [0, 0.1) is 6.92 Å². The zero-order chi connectivity index (χ0) is 14.4. The molecule has 20 heavy (non-hydrogen) atoms. The molecule has 0 saturated carbocycles. The summed E-state index contributed by atoms with van der Waals surface area (Å²) in [6.07, 6.45) is 4.10. The molecule has 1 fully saturated rings. The quantitative estimate of drug-likeness (QED) is 0.808. The van der Waals surface area contributed by atoms with Gasteiger partial charge in [0.05, 0.1) is 0 Å². The van der Waals surface area contributed by atoms with Crippen molar-refractivity contribution in [2.24, 2.45) is 0 Å². The lowest BCUT2D eigenvalue weighted by Gasteiger charge is -2.27. The number of carbonyl (C=O) groups is 1. The smallest absolute Gasteiger partial charge is 0.253 e. The molecule has 0 bridgehead atoms. The van der Waals surface area contributed by atoms with E-state index in [9.17, 15) is 9.59 Å². The summed E-state index contributed by atoms with van der Waals surface area (Å²) in [5.41, 5.74) is 0.838. The van der Waals surface area contributed by atoms with Crippen LogP contribution in [0.5, 0.6) is 0 Å². The van der Waals surface area contributed by atoms with E-state index in [2.05, 4.69) is 5.32 Å². The third kappa shape index (κ3) is 3.93. The molecule has 1 aromatic heterocycles. The zero-order valence-electron chi connectivity index (χ0n) is 12.1. The largest absolute Gasteiger partial charge is 0.340 e. The minimum atomic E-state index is 0.0703. The summed E-state index contributed by atoms with van der Waals surface area (Å²) in [7, 11) is 0. The van der Waals surface area contributed by atoms with Gasteiger partial charge in [-0.15, -0.1) is 0 Å². The van der Waals surface area contributed by atoms with E-state index in [0.29, 0.717) is 13.0 Å². The Balaban J connectivity index is 1.72. The number of unbranched alkanes of at least 4 members (excludes halogenated alkanes) is 1. The van der Waals surface area contributed by atoms with Gasteiger partial charge in [-0.05, 0) is 25.8 Å². The van der Waals surface area contributed by atoms with Crippen LogP contribution in [0.3, 0.4) is 0 Å². The van der Waals surface area contributed by atoms with Gasteiger partial charge in [0.1, 0.15) is 0 Å². The third-order valence-corrected chi connectivity index (χ3v) is 3.72. The van der Waals surface area contributed by atoms with Crippen molar-refractivity contribution >= 4 is 5.91 Å². The maximum atomic E-state index is 12.0. The molecule has 2 heterocycles. The molecule has 0 aliphatic carbocycles. The molecule has 0 atom stereocenters. The lowest BCUT2D eigenvalue weighted by molar-refractivity contribution is -0.131. The van der Waals surface area contributed by atoms with Gasteiger partial charge in [0.15, 0.2) is 0 Å². The molecule has 0 spiro atoms. The van der Waals surface area contributed by atoms with E-state index >= 15 is 0 Å². The summed E-state index contributed by atoms with van der Waals surface area (Å²) in [6, 6.07) is 3.72. The molecule has 0 aromatic carbocycles. The first-order chi connectivity index (χ1) is 9.68. The van der Waals surface area contributed by atoms with Gasteiger partial charge in [0, 0.05) is 50.9 Å². The molecule has 1 aliphatic rings. The summed E-state index contributed by atoms with van der Waals surface area (Å²) >= 11 is 0. The van der Waals surface area contributed by atoms with Crippen molar-refractivity contribution in [1.82, 2.24) is 14.8 Å². The standard InChI is InChI=1S/C15H23N3O2/c1-13-5-4-10-18(15(13)20)9-3-2-6-14(19)17-11-7-16-8-12-17/h4-5,10,16H,2-3,6-9,11-12H2,1H3. The first-order valence-electron chi connectivity index (χ1n) is 7.33. The van der Waals surface area contributed by atoms with Crippen LogP contribution in [0.25, 0.3) is 0 Å². The minimum absolute atomic E-state index is 0.0703. The number of carbonyl (C=O) groups excluding carboxylic acids is 1. The van der Waals surface area contributed by atoms with Crippen LogP contribution in [0.1, 0.15) is 24.8 Å². The Kier molecular flexibility index (Phi) is 5.35. The zero-order valence-corrected chi connectivity index (χ0v) is 12.1. The molecule has 2 rings (SSSR count).